The third-order valence-corrected chi connectivity index (χ3v) is 1.83. The molecule has 13 heavy (non-hydrogen) atoms. The maximum Gasteiger partial charge on any atom is 0.273 e. The molecule has 2 heterocycles. The van der Waals surface area contributed by atoms with Gasteiger partial charge in [0.1, 0.15) is 5.76 Å². The van der Waals surface area contributed by atoms with Crippen LogP contribution in [0.25, 0.3) is 0 Å². The zero-order valence-electron chi connectivity index (χ0n) is 7.24. The van der Waals surface area contributed by atoms with E-state index in [1.807, 2.05) is 0 Å². The van der Waals surface area contributed by atoms with E-state index in [4.69, 9.17) is 9.26 Å². The molecule has 1 N–H and O–H groups in total. The van der Waals surface area contributed by atoms with Crippen molar-refractivity contribution in [1.82, 2.24) is 10.5 Å². The minimum absolute atomic E-state index is 0.129. The summed E-state index contributed by atoms with van der Waals surface area (Å²) >= 11 is 0. The van der Waals surface area contributed by atoms with Crippen LogP contribution in [-0.4, -0.2) is 30.3 Å². The lowest BCUT2D eigenvalue weighted by Crippen LogP contribution is -2.48. The van der Waals surface area contributed by atoms with Gasteiger partial charge in [-0.3, -0.25) is 4.79 Å². The quantitative estimate of drug-likeness (QED) is 0.705. The van der Waals surface area contributed by atoms with Crippen LogP contribution in [0.4, 0.5) is 0 Å². The molecular formula is C8H10N2O3. The summed E-state index contributed by atoms with van der Waals surface area (Å²) in [6.45, 7) is 2.92. The number of aryl methyl sites for hydroxylation is 1. The van der Waals surface area contributed by atoms with Gasteiger partial charge in [-0.25, -0.2) is 0 Å². The Morgan fingerprint density at radius 2 is 2.46 bits per heavy atom. The number of hydrogen-bond acceptors (Lipinski definition) is 4. The van der Waals surface area contributed by atoms with Crippen molar-refractivity contribution >= 4 is 5.91 Å². The molecule has 1 aliphatic heterocycles. The topological polar surface area (TPSA) is 64.4 Å². The third-order valence-electron chi connectivity index (χ3n) is 1.83. The third kappa shape index (κ3) is 1.70. The van der Waals surface area contributed by atoms with Crippen LogP contribution in [0.15, 0.2) is 10.6 Å². The van der Waals surface area contributed by atoms with E-state index in [9.17, 15) is 4.79 Å². The first kappa shape index (κ1) is 8.25. The zero-order chi connectivity index (χ0) is 9.26. The van der Waals surface area contributed by atoms with Crippen LogP contribution < -0.4 is 5.32 Å². The number of nitrogens with one attached hydrogen (secondary N) is 1. The molecule has 0 aliphatic carbocycles. The van der Waals surface area contributed by atoms with Crippen molar-refractivity contribution in [2.24, 2.45) is 0 Å². The molecule has 1 aromatic heterocycles. The summed E-state index contributed by atoms with van der Waals surface area (Å²) < 4.78 is 9.70. The van der Waals surface area contributed by atoms with Crippen molar-refractivity contribution in [2.75, 3.05) is 13.2 Å². The number of hydrogen-bond donors (Lipinski definition) is 1. The predicted molar refractivity (Wildman–Crippen MR) is 43.3 cm³/mol. The van der Waals surface area contributed by atoms with E-state index in [1.165, 1.54) is 0 Å². The standard InChI is InChI=1S/C8H10N2O3/c1-5-2-7(10-13-5)8(11)9-6-3-12-4-6/h2,6H,3-4H2,1H3,(H,9,11). The van der Waals surface area contributed by atoms with Gasteiger partial charge in [-0.15, -0.1) is 0 Å². The molecule has 0 radical (unpaired) electrons. The number of ether oxygens (including phenoxy) is 1. The Balaban J connectivity index is 1.96. The van der Waals surface area contributed by atoms with Crippen LogP contribution >= 0.6 is 0 Å². The fourth-order valence-corrected chi connectivity index (χ4v) is 1.05. The molecule has 0 spiro atoms. The molecule has 0 bridgehead atoms. The van der Waals surface area contributed by atoms with Gasteiger partial charge in [0.15, 0.2) is 5.69 Å². The molecule has 1 aromatic rings. The SMILES string of the molecule is Cc1cc(C(=O)NC2COC2)no1. The smallest absolute Gasteiger partial charge is 0.273 e. The van der Waals surface area contributed by atoms with Crippen LogP contribution in [0, 0.1) is 6.92 Å². The maximum atomic E-state index is 11.4. The lowest BCUT2D eigenvalue weighted by Gasteiger charge is -2.26. The molecule has 2 rings (SSSR count). The summed E-state index contributed by atoms with van der Waals surface area (Å²) in [7, 11) is 0. The summed E-state index contributed by atoms with van der Waals surface area (Å²) in [5.41, 5.74) is 0.324. The van der Waals surface area contributed by atoms with E-state index >= 15 is 0 Å². The highest BCUT2D eigenvalue weighted by Crippen LogP contribution is 2.04. The van der Waals surface area contributed by atoms with Gasteiger partial charge in [-0.1, -0.05) is 5.16 Å². The van der Waals surface area contributed by atoms with Crippen LogP contribution in [0.1, 0.15) is 16.2 Å². The van der Waals surface area contributed by atoms with Crippen molar-refractivity contribution in [3.05, 3.63) is 17.5 Å². The van der Waals surface area contributed by atoms with E-state index in [2.05, 4.69) is 10.5 Å². The normalized spacial score (nSPS) is 16.7. The van der Waals surface area contributed by atoms with Gasteiger partial charge in [-0.2, -0.15) is 0 Å². The van der Waals surface area contributed by atoms with E-state index < -0.39 is 0 Å². The highest BCUT2D eigenvalue weighted by Gasteiger charge is 2.22. The summed E-state index contributed by atoms with van der Waals surface area (Å²) in [5.74, 6) is 0.431. The average Bonchev–Trinajstić information content (AvgIpc) is 2.44. The Morgan fingerprint density at radius 3 is 2.92 bits per heavy atom. The summed E-state index contributed by atoms with van der Waals surface area (Å²) in [6, 6.07) is 1.74. The summed E-state index contributed by atoms with van der Waals surface area (Å²) in [4.78, 5) is 11.4. The fraction of sp³-hybridized carbons (Fsp3) is 0.500. The zero-order valence-corrected chi connectivity index (χ0v) is 7.24. The number of carbonyl (C=O) groups excluding carboxylic acids is 1. The molecule has 1 amide bonds. The van der Waals surface area contributed by atoms with Crippen molar-refractivity contribution in [3.63, 3.8) is 0 Å². The van der Waals surface area contributed by atoms with E-state index in [-0.39, 0.29) is 11.9 Å². The van der Waals surface area contributed by atoms with E-state index in [0.717, 1.165) is 0 Å². The summed E-state index contributed by atoms with van der Waals surface area (Å²) in [5, 5.41) is 6.36. The van der Waals surface area contributed by atoms with Gasteiger partial charge in [0.25, 0.3) is 5.91 Å². The largest absolute Gasteiger partial charge is 0.377 e. The Kier molecular flexibility index (Phi) is 2.02. The maximum absolute atomic E-state index is 11.4. The van der Waals surface area contributed by atoms with Gasteiger partial charge < -0.3 is 14.6 Å². The van der Waals surface area contributed by atoms with Crippen molar-refractivity contribution in [2.45, 2.75) is 13.0 Å². The second-order valence-corrected chi connectivity index (χ2v) is 3.03. The van der Waals surface area contributed by atoms with Crippen LogP contribution in [-0.2, 0) is 4.74 Å². The average molecular weight is 182 g/mol. The summed E-state index contributed by atoms with van der Waals surface area (Å²) in [6.07, 6.45) is 0. The molecular weight excluding hydrogens is 172 g/mol. The lowest BCUT2D eigenvalue weighted by molar-refractivity contribution is -0.00360. The number of nitrogens with zero attached hydrogens (tertiary/aromatic N) is 1. The molecule has 0 saturated carbocycles. The van der Waals surface area contributed by atoms with Crippen molar-refractivity contribution in [1.29, 1.82) is 0 Å². The van der Waals surface area contributed by atoms with Crippen LogP contribution in [0.3, 0.4) is 0 Å². The molecule has 1 fully saturated rings. The monoisotopic (exact) mass is 182 g/mol. The number of rotatable bonds is 2. The Hall–Kier alpha value is -1.36. The predicted octanol–water partition coefficient (Wildman–Crippen LogP) is 0.112. The van der Waals surface area contributed by atoms with Gasteiger partial charge in [0.05, 0.1) is 19.3 Å². The molecule has 70 valence electrons. The Labute approximate surface area is 75.0 Å². The van der Waals surface area contributed by atoms with Crippen LogP contribution in [0.2, 0.25) is 0 Å². The van der Waals surface area contributed by atoms with Crippen molar-refractivity contribution < 1.29 is 14.1 Å². The van der Waals surface area contributed by atoms with Crippen molar-refractivity contribution in [3.8, 4) is 0 Å². The van der Waals surface area contributed by atoms with E-state index in [0.29, 0.717) is 24.7 Å². The minimum atomic E-state index is -0.204. The highest BCUT2D eigenvalue weighted by atomic mass is 16.5. The number of aromatic nitrogens is 1. The van der Waals surface area contributed by atoms with Gasteiger partial charge in [0, 0.05) is 6.07 Å². The molecule has 1 saturated heterocycles. The Morgan fingerprint density at radius 1 is 1.69 bits per heavy atom. The molecule has 1 aliphatic rings. The molecule has 0 unspecified atom stereocenters. The number of carbonyl (C=O) groups is 1. The van der Waals surface area contributed by atoms with Gasteiger partial charge in [0.2, 0.25) is 0 Å². The fourth-order valence-electron chi connectivity index (χ4n) is 1.05. The number of amides is 1. The Bertz CT molecular complexity index is 317. The molecule has 5 heteroatoms. The molecule has 5 nitrogen and oxygen atoms in total. The first-order chi connectivity index (χ1) is 6.25. The van der Waals surface area contributed by atoms with Gasteiger partial charge in [-0.05, 0) is 6.92 Å². The molecule has 0 atom stereocenters. The second kappa shape index (κ2) is 3.18. The first-order valence-electron chi connectivity index (χ1n) is 4.07. The lowest BCUT2D eigenvalue weighted by atomic mass is 10.2. The minimum Gasteiger partial charge on any atom is -0.377 e. The highest BCUT2D eigenvalue weighted by molar-refractivity contribution is 5.92. The first-order valence-corrected chi connectivity index (χ1v) is 4.07. The second-order valence-electron chi connectivity index (χ2n) is 3.03. The van der Waals surface area contributed by atoms with Crippen LogP contribution in [0.5, 0.6) is 0 Å². The van der Waals surface area contributed by atoms with Gasteiger partial charge >= 0.3 is 0 Å². The molecule has 0 aromatic carbocycles. The van der Waals surface area contributed by atoms with E-state index in [1.54, 1.807) is 13.0 Å².